The van der Waals surface area contributed by atoms with Gasteiger partial charge in [-0.15, -0.1) is 11.3 Å². The second-order valence-corrected chi connectivity index (χ2v) is 16.1. The first-order chi connectivity index (χ1) is 28.6. The highest BCUT2D eigenvalue weighted by molar-refractivity contribution is 7.25. The second-order valence-electron chi connectivity index (χ2n) is 15.0. The molecule has 0 fully saturated rings. The third-order valence-corrected chi connectivity index (χ3v) is 12.7. The average molecular weight is 757 g/mol. The van der Waals surface area contributed by atoms with Crippen molar-refractivity contribution >= 4 is 81.2 Å². The fourth-order valence-electron chi connectivity index (χ4n) is 8.74. The van der Waals surface area contributed by atoms with E-state index in [0.717, 1.165) is 43.5 Å². The van der Waals surface area contributed by atoms with Crippen LogP contribution in [-0.4, -0.2) is 9.97 Å². The van der Waals surface area contributed by atoms with Gasteiger partial charge in [0.15, 0.2) is 0 Å². The molecular weight excluding hydrogens is 721 g/mol. The summed E-state index contributed by atoms with van der Waals surface area (Å²) >= 11 is 1.71. The number of allylic oxidation sites excluding steroid dienone is 2. The Kier molecular flexibility index (Phi) is 8.09. The molecule has 58 heavy (non-hydrogen) atoms. The van der Waals surface area contributed by atoms with Crippen LogP contribution in [-0.2, 0) is 0 Å². The van der Waals surface area contributed by atoms with Crippen LogP contribution in [0.4, 0.5) is 0 Å². The van der Waals surface area contributed by atoms with E-state index >= 15 is 0 Å². The molecule has 2 aromatic heterocycles. The maximum Gasteiger partial charge on any atom is 0.143 e. The van der Waals surface area contributed by atoms with Gasteiger partial charge in [-0.3, -0.25) is 0 Å². The molecule has 3 heteroatoms. The average Bonchev–Trinajstić information content (AvgIpc) is 3.64. The molecule has 0 radical (unpaired) electrons. The summed E-state index contributed by atoms with van der Waals surface area (Å²) in [6.07, 6.45) is 6.05. The number of hydrogen-bond donors (Lipinski definition) is 0. The monoisotopic (exact) mass is 756 g/mol. The zero-order chi connectivity index (χ0) is 38.7. The first-order valence-electron chi connectivity index (χ1n) is 19.7. The lowest BCUT2D eigenvalue weighted by atomic mass is 9.89. The molecule has 11 aromatic rings. The van der Waals surface area contributed by atoms with Crippen LogP contribution in [0.15, 0.2) is 189 Å². The highest BCUT2D eigenvalue weighted by atomic mass is 32.1. The van der Waals surface area contributed by atoms with E-state index < -0.39 is 0 Å². The van der Waals surface area contributed by atoms with Gasteiger partial charge >= 0.3 is 0 Å². The summed E-state index contributed by atoms with van der Waals surface area (Å²) in [5.41, 5.74) is 14.6. The molecule has 0 saturated carbocycles. The van der Waals surface area contributed by atoms with Gasteiger partial charge in [-0.2, -0.15) is 0 Å². The second kappa shape index (κ2) is 13.8. The number of rotatable bonds is 6. The number of benzene rings is 9. The lowest BCUT2D eigenvalue weighted by Gasteiger charge is -2.15. The van der Waals surface area contributed by atoms with Crippen LogP contribution < -0.4 is 0 Å². The standard InChI is InChI=1S/C55H36N2S/c1-3-4-19-44-34(2)43-20-7-5-13-41(43)31-48(44)39-17-11-15-35(28-39)37-25-27-53-50(30-37)54-55(58-53)57-51-26-24-38(33-52(51)56-54)36-16-12-18-40(29-36)49-32-42-14-6-8-21-45(42)46-22-9-10-23-47(46)49/h3-33H,1H2,2H3/b19-4-. The first kappa shape index (κ1) is 34.1. The molecule has 2 nitrogen and oxygen atoms in total. The lowest BCUT2D eigenvalue weighted by Crippen LogP contribution is -1.91. The van der Waals surface area contributed by atoms with Crippen LogP contribution in [0.1, 0.15) is 11.1 Å². The predicted octanol–water partition coefficient (Wildman–Crippen LogP) is 15.6. The number of aryl methyl sites for hydroxylation is 1. The van der Waals surface area contributed by atoms with Gasteiger partial charge in [0.05, 0.1) is 11.0 Å². The topological polar surface area (TPSA) is 25.8 Å². The van der Waals surface area contributed by atoms with Gasteiger partial charge in [0.1, 0.15) is 10.3 Å². The van der Waals surface area contributed by atoms with Crippen molar-refractivity contribution in [3.63, 3.8) is 0 Å². The summed E-state index contributed by atoms with van der Waals surface area (Å²) in [5.74, 6) is 0. The third-order valence-electron chi connectivity index (χ3n) is 11.6. The Morgan fingerprint density at radius 2 is 1.07 bits per heavy atom. The number of hydrogen-bond acceptors (Lipinski definition) is 3. The highest BCUT2D eigenvalue weighted by Crippen LogP contribution is 2.40. The minimum absolute atomic E-state index is 0.894. The third kappa shape index (κ3) is 5.71. The molecule has 9 aromatic carbocycles. The number of aromatic nitrogens is 2. The zero-order valence-corrected chi connectivity index (χ0v) is 32.7. The van der Waals surface area contributed by atoms with E-state index in [1.54, 1.807) is 11.3 Å². The Morgan fingerprint density at radius 1 is 0.466 bits per heavy atom. The molecule has 0 bridgehead atoms. The van der Waals surface area contributed by atoms with E-state index in [1.807, 2.05) is 12.2 Å². The van der Waals surface area contributed by atoms with Crippen LogP contribution in [0, 0.1) is 6.92 Å². The minimum Gasteiger partial charge on any atom is -0.243 e. The summed E-state index contributed by atoms with van der Waals surface area (Å²) in [5, 5.41) is 8.69. The molecule has 0 aliphatic heterocycles. The number of nitrogens with zero attached hydrogens (tertiary/aromatic N) is 2. The summed E-state index contributed by atoms with van der Waals surface area (Å²) in [6, 6.07) is 61.7. The molecule has 11 rings (SSSR count). The maximum atomic E-state index is 5.32. The van der Waals surface area contributed by atoms with Gasteiger partial charge < -0.3 is 0 Å². The van der Waals surface area contributed by atoms with Crippen LogP contribution in [0.2, 0.25) is 0 Å². The normalized spacial score (nSPS) is 11.9. The molecule has 0 unspecified atom stereocenters. The zero-order valence-electron chi connectivity index (χ0n) is 31.9. The van der Waals surface area contributed by atoms with E-state index in [9.17, 15) is 0 Å². The molecular formula is C55H36N2S. The molecule has 0 spiro atoms. The van der Waals surface area contributed by atoms with E-state index in [-0.39, 0.29) is 0 Å². The van der Waals surface area contributed by atoms with Crippen molar-refractivity contribution in [1.29, 1.82) is 0 Å². The quantitative estimate of drug-likeness (QED) is 0.125. The Hall–Kier alpha value is -7.20. The molecule has 0 amide bonds. The van der Waals surface area contributed by atoms with Crippen molar-refractivity contribution in [2.24, 2.45) is 0 Å². The van der Waals surface area contributed by atoms with Crippen molar-refractivity contribution in [2.45, 2.75) is 6.92 Å². The fourth-order valence-corrected chi connectivity index (χ4v) is 9.75. The highest BCUT2D eigenvalue weighted by Gasteiger charge is 2.15. The van der Waals surface area contributed by atoms with Crippen LogP contribution in [0.3, 0.4) is 0 Å². The van der Waals surface area contributed by atoms with E-state index in [1.165, 1.54) is 76.0 Å². The fraction of sp³-hybridized carbons (Fsp3) is 0.0182. The van der Waals surface area contributed by atoms with Gasteiger partial charge in [-0.25, -0.2) is 9.97 Å². The Bertz CT molecular complexity index is 3500. The number of thiophene rings is 1. The Balaban J connectivity index is 0.991. The van der Waals surface area contributed by atoms with Crippen molar-refractivity contribution in [3.05, 3.63) is 200 Å². The smallest absolute Gasteiger partial charge is 0.143 e. The van der Waals surface area contributed by atoms with E-state index in [2.05, 4.69) is 189 Å². The van der Waals surface area contributed by atoms with Crippen LogP contribution in [0.25, 0.3) is 114 Å². The van der Waals surface area contributed by atoms with E-state index in [0.29, 0.717) is 0 Å². The summed E-state index contributed by atoms with van der Waals surface area (Å²) < 4.78 is 1.18. The van der Waals surface area contributed by atoms with Crippen molar-refractivity contribution in [3.8, 4) is 44.5 Å². The SMILES string of the molecule is C=C/C=C\c1c(-c2cccc(-c3ccc4sc5nc6ccc(-c7cccc(-c8cc9ccccc9c9ccccc89)c7)cc6nc5c4c3)c2)cc2ccccc2c1C. The Labute approximate surface area is 340 Å². The van der Waals surface area contributed by atoms with Gasteiger partial charge in [-0.1, -0.05) is 146 Å². The molecule has 0 aliphatic carbocycles. The molecule has 0 aliphatic rings. The molecule has 272 valence electrons. The summed E-state index contributed by atoms with van der Waals surface area (Å²) in [7, 11) is 0. The summed E-state index contributed by atoms with van der Waals surface area (Å²) in [6.45, 7) is 6.15. The largest absolute Gasteiger partial charge is 0.243 e. The molecule has 0 atom stereocenters. The van der Waals surface area contributed by atoms with Gasteiger partial charge in [0.25, 0.3) is 0 Å². The maximum absolute atomic E-state index is 5.32. The minimum atomic E-state index is 0.894. The number of fused-ring (bicyclic) bond motifs is 8. The van der Waals surface area contributed by atoms with Crippen molar-refractivity contribution < 1.29 is 0 Å². The first-order valence-corrected chi connectivity index (χ1v) is 20.5. The summed E-state index contributed by atoms with van der Waals surface area (Å²) in [4.78, 5) is 11.4. The van der Waals surface area contributed by atoms with Gasteiger partial charge in [0, 0.05) is 10.1 Å². The van der Waals surface area contributed by atoms with Gasteiger partial charge in [0.2, 0.25) is 0 Å². The van der Waals surface area contributed by atoms with Crippen LogP contribution >= 0.6 is 11.3 Å². The molecule has 2 heterocycles. The predicted molar refractivity (Wildman–Crippen MR) is 251 cm³/mol. The molecule has 0 saturated heterocycles. The Morgan fingerprint density at radius 3 is 1.84 bits per heavy atom. The van der Waals surface area contributed by atoms with Crippen molar-refractivity contribution in [2.75, 3.05) is 0 Å². The van der Waals surface area contributed by atoms with Crippen molar-refractivity contribution in [1.82, 2.24) is 9.97 Å². The van der Waals surface area contributed by atoms with Gasteiger partial charge in [-0.05, 0) is 143 Å². The van der Waals surface area contributed by atoms with Crippen LogP contribution in [0.5, 0.6) is 0 Å². The van der Waals surface area contributed by atoms with E-state index in [4.69, 9.17) is 9.97 Å². The lowest BCUT2D eigenvalue weighted by molar-refractivity contribution is 1.43. The molecule has 0 N–H and O–H groups in total.